The SMILES string of the molecule is CCS(=O)(=O)c1ccc(N2CCC3OCCCC3C2)cc1. The molecule has 0 radical (unpaired) electrons. The Kier molecular flexibility index (Phi) is 4.22. The zero-order valence-electron chi connectivity index (χ0n) is 12.5. The molecule has 116 valence electrons. The number of nitrogens with zero attached hydrogens (tertiary/aromatic N) is 1. The fourth-order valence-electron chi connectivity index (χ4n) is 3.35. The molecule has 2 fully saturated rings. The molecule has 0 bridgehead atoms. The molecule has 4 nitrogen and oxygen atoms in total. The molecule has 2 saturated heterocycles. The molecule has 5 heteroatoms. The first-order valence-electron chi connectivity index (χ1n) is 7.79. The molecule has 1 aromatic rings. The maximum absolute atomic E-state index is 11.8. The third-order valence-corrected chi connectivity index (χ3v) is 6.41. The first kappa shape index (κ1) is 14.9. The summed E-state index contributed by atoms with van der Waals surface area (Å²) in [5.74, 6) is 0.767. The quantitative estimate of drug-likeness (QED) is 0.860. The zero-order valence-corrected chi connectivity index (χ0v) is 13.3. The van der Waals surface area contributed by atoms with Crippen molar-refractivity contribution < 1.29 is 13.2 Å². The molecular weight excluding hydrogens is 286 g/mol. The highest BCUT2D eigenvalue weighted by Crippen LogP contribution is 2.31. The highest BCUT2D eigenvalue weighted by Gasteiger charge is 2.32. The molecule has 0 aromatic heterocycles. The van der Waals surface area contributed by atoms with Crippen LogP contribution in [0.1, 0.15) is 26.2 Å². The number of sulfone groups is 1. The summed E-state index contributed by atoms with van der Waals surface area (Å²) in [7, 11) is -3.10. The second kappa shape index (κ2) is 5.97. The van der Waals surface area contributed by atoms with Gasteiger partial charge in [0.25, 0.3) is 0 Å². The van der Waals surface area contributed by atoms with Crippen LogP contribution in [0.25, 0.3) is 0 Å². The summed E-state index contributed by atoms with van der Waals surface area (Å²) in [5.41, 5.74) is 1.12. The van der Waals surface area contributed by atoms with Gasteiger partial charge >= 0.3 is 0 Å². The van der Waals surface area contributed by atoms with E-state index in [9.17, 15) is 8.42 Å². The third-order valence-electron chi connectivity index (χ3n) is 4.66. The lowest BCUT2D eigenvalue weighted by atomic mass is 9.88. The van der Waals surface area contributed by atoms with Crippen molar-refractivity contribution >= 4 is 15.5 Å². The summed E-state index contributed by atoms with van der Waals surface area (Å²) in [6.07, 6.45) is 3.89. The Morgan fingerprint density at radius 2 is 2.00 bits per heavy atom. The normalized spacial score (nSPS) is 26.4. The van der Waals surface area contributed by atoms with Crippen molar-refractivity contribution in [1.82, 2.24) is 0 Å². The fraction of sp³-hybridized carbons (Fsp3) is 0.625. The van der Waals surface area contributed by atoms with E-state index in [4.69, 9.17) is 4.74 Å². The summed E-state index contributed by atoms with van der Waals surface area (Å²) in [6.45, 7) is 4.59. The predicted molar refractivity (Wildman–Crippen MR) is 83.5 cm³/mol. The van der Waals surface area contributed by atoms with Crippen LogP contribution in [-0.2, 0) is 14.6 Å². The van der Waals surface area contributed by atoms with E-state index in [-0.39, 0.29) is 5.75 Å². The molecule has 0 spiro atoms. The van der Waals surface area contributed by atoms with Crippen LogP contribution < -0.4 is 4.90 Å². The molecule has 0 aliphatic carbocycles. The lowest BCUT2D eigenvalue weighted by Gasteiger charge is -2.42. The van der Waals surface area contributed by atoms with Gasteiger partial charge in [0, 0.05) is 31.3 Å². The molecule has 3 rings (SSSR count). The molecule has 0 N–H and O–H groups in total. The van der Waals surface area contributed by atoms with E-state index in [1.54, 1.807) is 19.1 Å². The summed E-state index contributed by atoms with van der Waals surface area (Å²) in [5, 5.41) is 0. The van der Waals surface area contributed by atoms with Crippen LogP contribution >= 0.6 is 0 Å². The Bertz CT molecular complexity index is 582. The van der Waals surface area contributed by atoms with E-state index < -0.39 is 9.84 Å². The van der Waals surface area contributed by atoms with Crippen LogP contribution in [-0.4, -0.2) is 40.0 Å². The fourth-order valence-corrected chi connectivity index (χ4v) is 4.24. The van der Waals surface area contributed by atoms with Gasteiger partial charge in [0.1, 0.15) is 0 Å². The van der Waals surface area contributed by atoms with Crippen molar-refractivity contribution in [3.05, 3.63) is 24.3 Å². The van der Waals surface area contributed by atoms with Gasteiger partial charge in [0.15, 0.2) is 9.84 Å². The number of hydrogen-bond acceptors (Lipinski definition) is 4. The van der Waals surface area contributed by atoms with Gasteiger partial charge in [-0.15, -0.1) is 0 Å². The maximum atomic E-state index is 11.8. The summed E-state index contributed by atoms with van der Waals surface area (Å²) >= 11 is 0. The monoisotopic (exact) mass is 309 g/mol. The van der Waals surface area contributed by atoms with E-state index in [2.05, 4.69) is 4.90 Å². The topological polar surface area (TPSA) is 46.6 Å². The summed E-state index contributed by atoms with van der Waals surface area (Å²) in [6, 6.07) is 7.34. The number of piperidine rings is 1. The molecule has 2 unspecified atom stereocenters. The highest BCUT2D eigenvalue weighted by atomic mass is 32.2. The number of rotatable bonds is 3. The molecule has 2 aliphatic rings. The van der Waals surface area contributed by atoms with E-state index >= 15 is 0 Å². The zero-order chi connectivity index (χ0) is 14.9. The Morgan fingerprint density at radius 1 is 1.24 bits per heavy atom. The van der Waals surface area contributed by atoms with Crippen LogP contribution in [0.2, 0.25) is 0 Å². The average molecular weight is 309 g/mol. The summed E-state index contributed by atoms with van der Waals surface area (Å²) < 4.78 is 29.5. The molecule has 0 amide bonds. The Balaban J connectivity index is 1.73. The van der Waals surface area contributed by atoms with Crippen LogP contribution in [0.5, 0.6) is 0 Å². The van der Waals surface area contributed by atoms with Gasteiger partial charge in [-0.1, -0.05) is 6.92 Å². The predicted octanol–water partition coefficient (Wildman–Crippen LogP) is 2.49. The molecule has 2 atom stereocenters. The number of benzene rings is 1. The molecule has 2 aliphatic heterocycles. The Labute approximate surface area is 127 Å². The third kappa shape index (κ3) is 3.09. The van der Waals surface area contributed by atoms with E-state index in [1.807, 2.05) is 12.1 Å². The van der Waals surface area contributed by atoms with E-state index in [0.29, 0.717) is 16.9 Å². The van der Waals surface area contributed by atoms with Crippen molar-refractivity contribution in [2.75, 3.05) is 30.3 Å². The van der Waals surface area contributed by atoms with Gasteiger partial charge in [-0.3, -0.25) is 0 Å². The molecular formula is C16H23NO3S. The first-order chi connectivity index (χ1) is 10.1. The van der Waals surface area contributed by atoms with Gasteiger partial charge in [-0.05, 0) is 43.5 Å². The highest BCUT2D eigenvalue weighted by molar-refractivity contribution is 7.91. The van der Waals surface area contributed by atoms with Crippen LogP contribution in [0, 0.1) is 5.92 Å². The van der Waals surface area contributed by atoms with Crippen LogP contribution in [0.15, 0.2) is 29.2 Å². The van der Waals surface area contributed by atoms with Gasteiger partial charge in [0.2, 0.25) is 0 Å². The van der Waals surface area contributed by atoms with Gasteiger partial charge in [0.05, 0.1) is 16.8 Å². The first-order valence-corrected chi connectivity index (χ1v) is 9.45. The van der Waals surface area contributed by atoms with E-state index in [0.717, 1.165) is 38.2 Å². The second-order valence-corrected chi connectivity index (χ2v) is 8.22. The number of anilines is 1. The molecule has 1 aromatic carbocycles. The number of fused-ring (bicyclic) bond motifs is 1. The minimum absolute atomic E-state index is 0.150. The second-order valence-electron chi connectivity index (χ2n) is 5.94. The van der Waals surface area contributed by atoms with Gasteiger partial charge in [-0.2, -0.15) is 0 Å². The van der Waals surface area contributed by atoms with Gasteiger partial charge < -0.3 is 9.64 Å². The van der Waals surface area contributed by atoms with Crippen molar-refractivity contribution in [1.29, 1.82) is 0 Å². The lowest BCUT2D eigenvalue weighted by Crippen LogP contribution is -2.46. The van der Waals surface area contributed by atoms with Crippen molar-refractivity contribution in [3.63, 3.8) is 0 Å². The standard InChI is InChI=1S/C16H23NO3S/c1-2-21(18,19)15-7-5-14(6-8-15)17-10-9-16-13(12-17)4-3-11-20-16/h5-8,13,16H,2-4,9-12H2,1H3. The van der Waals surface area contributed by atoms with Crippen LogP contribution in [0.4, 0.5) is 5.69 Å². The molecule has 2 heterocycles. The van der Waals surface area contributed by atoms with Gasteiger partial charge in [-0.25, -0.2) is 8.42 Å². The number of hydrogen-bond donors (Lipinski definition) is 0. The smallest absolute Gasteiger partial charge is 0.178 e. The average Bonchev–Trinajstić information content (AvgIpc) is 2.54. The van der Waals surface area contributed by atoms with Crippen molar-refractivity contribution in [2.45, 2.75) is 37.2 Å². The van der Waals surface area contributed by atoms with Crippen LogP contribution in [0.3, 0.4) is 0 Å². The van der Waals surface area contributed by atoms with Crippen molar-refractivity contribution in [3.8, 4) is 0 Å². The largest absolute Gasteiger partial charge is 0.378 e. The summed E-state index contributed by atoms with van der Waals surface area (Å²) in [4.78, 5) is 2.78. The minimum atomic E-state index is -3.10. The van der Waals surface area contributed by atoms with Crippen molar-refractivity contribution in [2.24, 2.45) is 5.92 Å². The van der Waals surface area contributed by atoms with E-state index in [1.165, 1.54) is 6.42 Å². The Morgan fingerprint density at radius 3 is 2.71 bits per heavy atom. The lowest BCUT2D eigenvalue weighted by molar-refractivity contribution is -0.0357. The molecule has 21 heavy (non-hydrogen) atoms. The molecule has 0 saturated carbocycles. The number of ether oxygens (including phenoxy) is 1. The minimum Gasteiger partial charge on any atom is -0.378 e. The maximum Gasteiger partial charge on any atom is 0.178 e. The Hall–Kier alpha value is -1.07.